The van der Waals surface area contributed by atoms with E-state index in [1.807, 2.05) is 0 Å². The molecule has 0 aromatic carbocycles. The van der Waals surface area contributed by atoms with E-state index in [0.717, 1.165) is 11.8 Å². The fourth-order valence-electron chi connectivity index (χ4n) is 2.89. The normalized spacial score (nSPS) is 31.0. The Bertz CT molecular complexity index is 227. The highest BCUT2D eigenvalue weighted by Crippen LogP contribution is 2.62. The zero-order valence-electron chi connectivity index (χ0n) is 10.9. The second kappa shape index (κ2) is 3.46. The summed E-state index contributed by atoms with van der Waals surface area (Å²) in [5.74, 6) is 1.72. The smallest absolute Gasteiger partial charge is 0.0181 e. The van der Waals surface area contributed by atoms with E-state index in [2.05, 4.69) is 45.3 Å². The minimum absolute atomic E-state index is 0.477. The molecule has 0 radical (unpaired) electrons. The Morgan fingerprint density at radius 2 is 1.73 bits per heavy atom. The van der Waals surface area contributed by atoms with E-state index in [1.54, 1.807) is 0 Å². The van der Waals surface area contributed by atoms with E-state index in [1.165, 1.54) is 19.6 Å². The van der Waals surface area contributed by atoms with E-state index in [9.17, 15) is 0 Å². The number of hydrogen-bond donors (Lipinski definition) is 2. The highest BCUT2D eigenvalue weighted by Gasteiger charge is 2.64. The lowest BCUT2D eigenvalue weighted by Gasteiger charge is -2.33. The van der Waals surface area contributed by atoms with Gasteiger partial charge in [0.2, 0.25) is 0 Å². The maximum absolute atomic E-state index is 3.76. The van der Waals surface area contributed by atoms with Gasteiger partial charge in [-0.1, -0.05) is 34.6 Å². The third-order valence-corrected chi connectivity index (χ3v) is 5.28. The largest absolute Gasteiger partial charge is 0.316 e. The van der Waals surface area contributed by atoms with Crippen LogP contribution in [-0.2, 0) is 0 Å². The number of hydrogen-bond acceptors (Lipinski definition) is 2. The topological polar surface area (TPSA) is 24.1 Å². The molecule has 2 N–H and O–H groups in total. The summed E-state index contributed by atoms with van der Waals surface area (Å²) in [4.78, 5) is 0. The Morgan fingerprint density at radius 1 is 1.20 bits per heavy atom. The lowest BCUT2D eigenvalue weighted by atomic mass is 9.89. The number of rotatable bonds is 4. The molecule has 0 spiro atoms. The van der Waals surface area contributed by atoms with Gasteiger partial charge in [0.15, 0.2) is 0 Å². The zero-order valence-corrected chi connectivity index (χ0v) is 10.9. The molecule has 2 fully saturated rings. The van der Waals surface area contributed by atoms with Crippen molar-refractivity contribution in [1.29, 1.82) is 0 Å². The van der Waals surface area contributed by atoms with E-state index < -0.39 is 0 Å². The van der Waals surface area contributed by atoms with E-state index in [0.29, 0.717) is 16.9 Å². The van der Waals surface area contributed by atoms with Gasteiger partial charge in [0.05, 0.1) is 0 Å². The first-order valence-electron chi connectivity index (χ1n) is 6.31. The van der Waals surface area contributed by atoms with Crippen LogP contribution in [0.2, 0.25) is 0 Å². The lowest BCUT2D eigenvalue weighted by molar-refractivity contribution is 0.239. The van der Waals surface area contributed by atoms with Crippen molar-refractivity contribution in [2.24, 2.45) is 22.7 Å². The van der Waals surface area contributed by atoms with Gasteiger partial charge in [-0.3, -0.25) is 0 Å². The highest BCUT2D eigenvalue weighted by atomic mass is 15.0. The van der Waals surface area contributed by atoms with Crippen molar-refractivity contribution in [3.8, 4) is 0 Å². The minimum Gasteiger partial charge on any atom is -0.316 e. The molecule has 0 bridgehead atoms. The second-order valence-corrected chi connectivity index (χ2v) is 6.68. The molecular weight excluding hydrogens is 184 g/mol. The van der Waals surface area contributed by atoms with E-state index in [-0.39, 0.29) is 0 Å². The number of nitrogens with one attached hydrogen (secondary N) is 2. The molecule has 88 valence electrons. The van der Waals surface area contributed by atoms with Crippen LogP contribution in [0.1, 0.15) is 34.6 Å². The van der Waals surface area contributed by atoms with Crippen LogP contribution in [-0.4, -0.2) is 25.7 Å². The summed E-state index contributed by atoms with van der Waals surface area (Å²) in [6, 6.07) is 0.709. The predicted molar refractivity (Wildman–Crippen MR) is 64.9 cm³/mol. The Kier molecular flexibility index (Phi) is 2.63. The molecule has 0 amide bonds. The van der Waals surface area contributed by atoms with Gasteiger partial charge in [0.25, 0.3) is 0 Å². The molecule has 1 atom stereocenters. The van der Waals surface area contributed by atoms with Crippen LogP contribution in [0.3, 0.4) is 0 Å². The third-order valence-electron chi connectivity index (χ3n) is 5.28. The van der Waals surface area contributed by atoms with Crippen LogP contribution in [0.4, 0.5) is 0 Å². The fraction of sp³-hybridized carbons (Fsp3) is 1.00. The van der Waals surface area contributed by atoms with Crippen molar-refractivity contribution in [3.05, 3.63) is 0 Å². The van der Waals surface area contributed by atoms with E-state index >= 15 is 0 Å². The zero-order chi connectivity index (χ0) is 11.3. The maximum atomic E-state index is 3.76. The third kappa shape index (κ3) is 1.72. The molecule has 1 unspecified atom stereocenters. The van der Waals surface area contributed by atoms with Crippen molar-refractivity contribution >= 4 is 0 Å². The summed E-state index contributed by atoms with van der Waals surface area (Å²) in [7, 11) is 0. The van der Waals surface area contributed by atoms with Crippen LogP contribution in [0.25, 0.3) is 0 Å². The first kappa shape index (κ1) is 11.4. The molecule has 0 aromatic rings. The van der Waals surface area contributed by atoms with Crippen molar-refractivity contribution in [1.82, 2.24) is 10.6 Å². The quantitative estimate of drug-likeness (QED) is 0.740. The maximum Gasteiger partial charge on any atom is 0.0181 e. The van der Waals surface area contributed by atoms with Crippen molar-refractivity contribution < 1.29 is 0 Å². The van der Waals surface area contributed by atoms with Gasteiger partial charge >= 0.3 is 0 Å². The molecule has 1 aliphatic heterocycles. The molecule has 1 heterocycles. The van der Waals surface area contributed by atoms with E-state index in [4.69, 9.17) is 0 Å². The lowest BCUT2D eigenvalue weighted by Crippen LogP contribution is -2.48. The highest BCUT2D eigenvalue weighted by molar-refractivity contribution is 5.17. The summed E-state index contributed by atoms with van der Waals surface area (Å²) >= 11 is 0. The monoisotopic (exact) mass is 210 g/mol. The van der Waals surface area contributed by atoms with Gasteiger partial charge in [-0.2, -0.15) is 0 Å². The fourth-order valence-corrected chi connectivity index (χ4v) is 2.89. The molecular formula is C13H26N2. The summed E-state index contributed by atoms with van der Waals surface area (Å²) in [6.07, 6.45) is 0. The molecule has 0 aromatic heterocycles. The summed E-state index contributed by atoms with van der Waals surface area (Å²) < 4.78 is 0. The molecule has 1 saturated carbocycles. The van der Waals surface area contributed by atoms with Gasteiger partial charge in [-0.25, -0.2) is 0 Å². The van der Waals surface area contributed by atoms with Gasteiger partial charge in [0.1, 0.15) is 0 Å². The summed E-state index contributed by atoms with van der Waals surface area (Å²) in [5, 5.41) is 7.11. The summed E-state index contributed by atoms with van der Waals surface area (Å²) in [5.41, 5.74) is 0.954. The van der Waals surface area contributed by atoms with Gasteiger partial charge in [-0.15, -0.1) is 0 Å². The first-order valence-corrected chi connectivity index (χ1v) is 6.31. The van der Waals surface area contributed by atoms with Crippen molar-refractivity contribution in [2.45, 2.75) is 40.7 Å². The SMILES string of the molecule is CC(CNC1C(C)(C)C1(C)C)C1CNC1. The van der Waals surface area contributed by atoms with Crippen LogP contribution < -0.4 is 10.6 Å². The Morgan fingerprint density at radius 3 is 2.07 bits per heavy atom. The Balaban J connectivity index is 1.75. The van der Waals surface area contributed by atoms with Crippen LogP contribution >= 0.6 is 0 Å². The molecule has 1 saturated heterocycles. The second-order valence-electron chi connectivity index (χ2n) is 6.68. The predicted octanol–water partition coefficient (Wildman–Crippen LogP) is 1.87. The molecule has 2 rings (SSSR count). The Hall–Kier alpha value is -0.0800. The Labute approximate surface area is 94.2 Å². The van der Waals surface area contributed by atoms with Crippen molar-refractivity contribution in [3.63, 3.8) is 0 Å². The minimum atomic E-state index is 0.477. The standard InChI is InChI=1S/C13H26N2/c1-9(10-7-14-8-10)6-15-11-12(2,3)13(11,4)5/h9-11,14-15H,6-8H2,1-5H3. The van der Waals surface area contributed by atoms with Crippen LogP contribution in [0.15, 0.2) is 0 Å². The first-order chi connectivity index (χ1) is 6.87. The average molecular weight is 210 g/mol. The van der Waals surface area contributed by atoms with Gasteiger partial charge < -0.3 is 10.6 Å². The molecule has 2 nitrogen and oxygen atoms in total. The van der Waals surface area contributed by atoms with Gasteiger partial charge in [0, 0.05) is 6.04 Å². The van der Waals surface area contributed by atoms with Crippen LogP contribution in [0, 0.1) is 22.7 Å². The molecule has 2 aliphatic rings. The van der Waals surface area contributed by atoms with Crippen molar-refractivity contribution in [2.75, 3.05) is 19.6 Å². The average Bonchev–Trinajstić information content (AvgIpc) is 2.36. The summed E-state index contributed by atoms with van der Waals surface area (Å²) in [6.45, 7) is 15.5. The van der Waals surface area contributed by atoms with Crippen LogP contribution in [0.5, 0.6) is 0 Å². The molecule has 2 heteroatoms. The molecule has 15 heavy (non-hydrogen) atoms. The van der Waals surface area contributed by atoms with Gasteiger partial charge in [-0.05, 0) is 42.3 Å². The molecule has 1 aliphatic carbocycles.